The van der Waals surface area contributed by atoms with Gasteiger partial charge in [0.05, 0.1) is 12.7 Å². The lowest BCUT2D eigenvalue weighted by molar-refractivity contribution is -0.121. The Morgan fingerprint density at radius 1 is 1.25 bits per heavy atom. The van der Waals surface area contributed by atoms with Crippen LogP contribution in [0.2, 0.25) is 0 Å². The summed E-state index contributed by atoms with van der Waals surface area (Å²) in [5.41, 5.74) is 0. The molecular weight excluding hydrogens is 210 g/mol. The van der Waals surface area contributed by atoms with Crippen LogP contribution in [0.3, 0.4) is 0 Å². The highest BCUT2D eigenvalue weighted by atomic mass is 16.4. The second-order valence-electron chi connectivity index (χ2n) is 4.03. The molecule has 0 radical (unpaired) electrons. The molecule has 0 bridgehead atoms. The fourth-order valence-corrected chi connectivity index (χ4v) is 1.93. The molecule has 4 atom stereocenters. The molecular formula is C11H23NO4. The van der Waals surface area contributed by atoms with Gasteiger partial charge in [-0.25, -0.2) is 0 Å². The lowest BCUT2D eigenvalue weighted by Crippen LogP contribution is -2.48. The summed E-state index contributed by atoms with van der Waals surface area (Å²) in [5, 5.41) is 30.8. The van der Waals surface area contributed by atoms with Gasteiger partial charge in [0.1, 0.15) is 6.10 Å². The molecule has 4 N–H and O–H groups in total. The summed E-state index contributed by atoms with van der Waals surface area (Å²) >= 11 is 0. The molecule has 16 heavy (non-hydrogen) atoms. The van der Waals surface area contributed by atoms with Gasteiger partial charge in [-0.05, 0) is 12.8 Å². The Bertz CT molecular complexity index is 210. The highest BCUT2D eigenvalue weighted by Crippen LogP contribution is 2.19. The number of hydrogen-bond acceptors (Lipinski definition) is 4. The van der Waals surface area contributed by atoms with Crippen LogP contribution in [-0.4, -0.2) is 46.1 Å². The number of amides is 1. The summed E-state index contributed by atoms with van der Waals surface area (Å²) in [5.74, 6) is -0.410. The van der Waals surface area contributed by atoms with Crippen molar-refractivity contribution in [2.75, 3.05) is 6.61 Å². The van der Waals surface area contributed by atoms with Crippen molar-refractivity contribution >= 4 is 5.91 Å². The van der Waals surface area contributed by atoms with E-state index < -0.39 is 18.8 Å². The van der Waals surface area contributed by atoms with Gasteiger partial charge in [-0.3, -0.25) is 4.79 Å². The third kappa shape index (κ3) is 4.47. The quantitative estimate of drug-likeness (QED) is 0.483. The number of nitrogens with one attached hydrogen (secondary N) is 1. The zero-order chi connectivity index (χ0) is 12.7. The van der Waals surface area contributed by atoms with E-state index in [1.807, 2.05) is 13.8 Å². The summed E-state index contributed by atoms with van der Waals surface area (Å²) in [6.45, 7) is 4.72. The van der Waals surface area contributed by atoms with Crippen LogP contribution in [0.1, 0.15) is 33.6 Å². The summed E-state index contributed by atoms with van der Waals surface area (Å²) < 4.78 is 0. The number of rotatable bonds is 7. The molecule has 0 rings (SSSR count). The smallest absolute Gasteiger partial charge is 0.217 e. The number of aliphatic hydroxyl groups excluding tert-OH is 3. The zero-order valence-corrected chi connectivity index (χ0v) is 10.2. The van der Waals surface area contributed by atoms with Crippen LogP contribution in [0.25, 0.3) is 0 Å². The number of aliphatic hydroxyl groups is 3. The largest absolute Gasteiger partial charge is 0.394 e. The average molecular weight is 233 g/mol. The molecule has 0 aromatic carbocycles. The lowest BCUT2D eigenvalue weighted by atomic mass is 9.86. The topological polar surface area (TPSA) is 89.8 Å². The highest BCUT2D eigenvalue weighted by molar-refractivity contribution is 5.73. The van der Waals surface area contributed by atoms with E-state index in [1.54, 1.807) is 0 Å². The van der Waals surface area contributed by atoms with Crippen LogP contribution >= 0.6 is 0 Å². The monoisotopic (exact) mass is 233 g/mol. The molecule has 0 saturated heterocycles. The second kappa shape index (κ2) is 7.60. The van der Waals surface area contributed by atoms with Gasteiger partial charge in [-0.2, -0.15) is 0 Å². The molecule has 0 aliphatic carbocycles. The molecule has 0 aromatic rings. The molecule has 0 spiro atoms. The maximum absolute atomic E-state index is 11.0. The Kier molecular flexibility index (Phi) is 7.29. The lowest BCUT2D eigenvalue weighted by Gasteiger charge is -2.31. The first kappa shape index (κ1) is 15.3. The summed E-state index contributed by atoms with van der Waals surface area (Å²) in [7, 11) is 0. The molecule has 1 amide bonds. The van der Waals surface area contributed by atoms with Gasteiger partial charge >= 0.3 is 0 Å². The van der Waals surface area contributed by atoms with E-state index in [4.69, 9.17) is 5.11 Å². The molecule has 5 nitrogen and oxygen atoms in total. The fourth-order valence-electron chi connectivity index (χ4n) is 1.93. The van der Waals surface area contributed by atoms with Gasteiger partial charge in [-0.1, -0.05) is 13.8 Å². The van der Waals surface area contributed by atoms with Crippen molar-refractivity contribution < 1.29 is 20.1 Å². The number of hydrogen-bond donors (Lipinski definition) is 4. The molecule has 4 unspecified atom stereocenters. The van der Waals surface area contributed by atoms with Gasteiger partial charge in [-0.15, -0.1) is 0 Å². The highest BCUT2D eigenvalue weighted by Gasteiger charge is 2.30. The van der Waals surface area contributed by atoms with E-state index >= 15 is 0 Å². The summed E-state index contributed by atoms with van der Waals surface area (Å²) in [6.07, 6.45) is -0.885. The third-order valence-electron chi connectivity index (χ3n) is 2.84. The van der Waals surface area contributed by atoms with Crippen LogP contribution in [0, 0.1) is 5.92 Å². The van der Waals surface area contributed by atoms with Crippen LogP contribution in [0.15, 0.2) is 0 Å². The minimum Gasteiger partial charge on any atom is -0.394 e. The maximum Gasteiger partial charge on any atom is 0.217 e. The van der Waals surface area contributed by atoms with Gasteiger partial charge < -0.3 is 20.6 Å². The van der Waals surface area contributed by atoms with E-state index in [1.165, 1.54) is 6.92 Å². The normalized spacial score (nSPS) is 18.6. The van der Waals surface area contributed by atoms with E-state index in [-0.39, 0.29) is 17.9 Å². The molecule has 0 aliphatic rings. The Balaban J connectivity index is 4.59. The Labute approximate surface area is 96.5 Å². The van der Waals surface area contributed by atoms with Crippen LogP contribution in [-0.2, 0) is 4.79 Å². The van der Waals surface area contributed by atoms with E-state index in [0.717, 1.165) is 0 Å². The zero-order valence-electron chi connectivity index (χ0n) is 10.2. The third-order valence-corrected chi connectivity index (χ3v) is 2.84. The van der Waals surface area contributed by atoms with Crippen LogP contribution in [0.4, 0.5) is 0 Å². The van der Waals surface area contributed by atoms with Gasteiger partial charge in [0.2, 0.25) is 5.91 Å². The minimum atomic E-state index is -1.16. The van der Waals surface area contributed by atoms with Crippen LogP contribution in [0.5, 0.6) is 0 Å². The standard InChI is InChI=1S/C11H23NO4/c1-4-8(11(16)10(15)6-13)9(5-2)12-7(3)14/h8-11,13,15-16H,4-6H2,1-3H3,(H,12,14). The second-order valence-corrected chi connectivity index (χ2v) is 4.03. The molecule has 0 saturated carbocycles. The van der Waals surface area contributed by atoms with Crippen molar-refractivity contribution in [1.82, 2.24) is 5.32 Å². The van der Waals surface area contributed by atoms with Gasteiger partial charge in [0, 0.05) is 18.9 Å². The molecule has 5 heteroatoms. The van der Waals surface area contributed by atoms with Gasteiger partial charge in [0.15, 0.2) is 0 Å². The van der Waals surface area contributed by atoms with Crippen molar-refractivity contribution in [3.63, 3.8) is 0 Å². The van der Waals surface area contributed by atoms with E-state index in [9.17, 15) is 15.0 Å². The first-order valence-electron chi connectivity index (χ1n) is 5.71. The summed E-state index contributed by atoms with van der Waals surface area (Å²) in [6, 6.07) is -0.182. The van der Waals surface area contributed by atoms with Crippen molar-refractivity contribution in [2.24, 2.45) is 5.92 Å². The average Bonchev–Trinajstić information content (AvgIpc) is 2.26. The first-order chi connectivity index (χ1) is 7.47. The SMILES string of the molecule is CCC(NC(C)=O)C(CC)C(O)C(O)CO. The maximum atomic E-state index is 11.0. The van der Waals surface area contributed by atoms with Crippen LogP contribution < -0.4 is 5.32 Å². The number of carbonyl (C=O) groups excluding carboxylic acids is 1. The Hall–Kier alpha value is -0.650. The molecule has 0 fully saturated rings. The van der Waals surface area contributed by atoms with E-state index in [2.05, 4.69) is 5.32 Å². The van der Waals surface area contributed by atoms with Crippen molar-refractivity contribution in [2.45, 2.75) is 51.9 Å². The Morgan fingerprint density at radius 2 is 1.81 bits per heavy atom. The predicted octanol–water partition coefficient (Wildman–Crippen LogP) is -0.359. The molecule has 96 valence electrons. The van der Waals surface area contributed by atoms with Gasteiger partial charge in [0.25, 0.3) is 0 Å². The minimum absolute atomic E-state index is 0.156. The van der Waals surface area contributed by atoms with Crippen molar-refractivity contribution in [3.8, 4) is 0 Å². The van der Waals surface area contributed by atoms with E-state index in [0.29, 0.717) is 12.8 Å². The summed E-state index contributed by atoms with van der Waals surface area (Å²) in [4.78, 5) is 11.0. The predicted molar refractivity (Wildman–Crippen MR) is 60.8 cm³/mol. The first-order valence-corrected chi connectivity index (χ1v) is 5.71. The fraction of sp³-hybridized carbons (Fsp3) is 0.909. The molecule has 0 heterocycles. The molecule has 0 aromatic heterocycles. The van der Waals surface area contributed by atoms with Crippen molar-refractivity contribution in [1.29, 1.82) is 0 Å². The Morgan fingerprint density at radius 3 is 2.12 bits per heavy atom. The van der Waals surface area contributed by atoms with Crippen molar-refractivity contribution in [3.05, 3.63) is 0 Å². The number of carbonyl (C=O) groups is 1. The molecule has 0 aliphatic heterocycles.